The van der Waals surface area contributed by atoms with E-state index in [9.17, 15) is 22.4 Å². The van der Waals surface area contributed by atoms with Crippen molar-refractivity contribution in [2.75, 3.05) is 30.6 Å². The van der Waals surface area contributed by atoms with E-state index in [4.69, 9.17) is 9.47 Å². The van der Waals surface area contributed by atoms with Crippen molar-refractivity contribution >= 4 is 27.5 Å². The molecule has 212 valence electrons. The zero-order chi connectivity index (χ0) is 28.9. The van der Waals surface area contributed by atoms with Crippen molar-refractivity contribution < 1.29 is 31.9 Å². The number of nitrogens with one attached hydrogen (secondary N) is 1. The average Bonchev–Trinajstić information content (AvgIpc) is 2.95. The third-order valence-corrected chi connectivity index (χ3v) is 8.26. The van der Waals surface area contributed by atoms with Gasteiger partial charge < -0.3 is 19.7 Å². The van der Waals surface area contributed by atoms with Gasteiger partial charge in [-0.05, 0) is 62.7 Å². The third kappa shape index (κ3) is 6.53. The van der Waals surface area contributed by atoms with Crippen LogP contribution < -0.4 is 19.1 Å². The predicted molar refractivity (Wildman–Crippen MR) is 148 cm³/mol. The Balaban J connectivity index is 1.71. The number of carbonyl (C=O) groups excluding carboxylic acids is 2. The van der Waals surface area contributed by atoms with Crippen LogP contribution in [0.1, 0.15) is 25.0 Å². The molecule has 1 N–H and O–H groups in total. The summed E-state index contributed by atoms with van der Waals surface area (Å²) in [7, 11) is -4.34. The second-order valence-corrected chi connectivity index (χ2v) is 11.2. The Morgan fingerprint density at radius 1 is 0.975 bits per heavy atom. The number of rotatable bonds is 10. The molecule has 1 aliphatic rings. The van der Waals surface area contributed by atoms with Gasteiger partial charge in [-0.3, -0.25) is 13.9 Å². The zero-order valence-corrected chi connectivity index (χ0v) is 23.4. The molecule has 1 unspecified atom stereocenters. The molecule has 1 atom stereocenters. The van der Waals surface area contributed by atoms with Gasteiger partial charge in [0.25, 0.3) is 10.0 Å². The van der Waals surface area contributed by atoms with E-state index in [-0.39, 0.29) is 35.4 Å². The van der Waals surface area contributed by atoms with Gasteiger partial charge in [-0.15, -0.1) is 0 Å². The molecule has 1 heterocycles. The highest BCUT2D eigenvalue weighted by atomic mass is 32.2. The van der Waals surface area contributed by atoms with Gasteiger partial charge in [-0.2, -0.15) is 0 Å². The first kappa shape index (κ1) is 28.9. The third-order valence-electron chi connectivity index (χ3n) is 6.49. The van der Waals surface area contributed by atoms with Crippen molar-refractivity contribution in [3.63, 3.8) is 0 Å². The number of carbonyl (C=O) groups is 2. The number of fused-ring (bicyclic) bond motifs is 1. The molecule has 0 saturated heterocycles. The lowest BCUT2D eigenvalue weighted by Crippen LogP contribution is -2.51. The van der Waals surface area contributed by atoms with Crippen molar-refractivity contribution in [2.24, 2.45) is 0 Å². The van der Waals surface area contributed by atoms with E-state index in [0.29, 0.717) is 18.9 Å². The summed E-state index contributed by atoms with van der Waals surface area (Å²) in [6.45, 7) is 5.74. The van der Waals surface area contributed by atoms with E-state index < -0.39 is 34.3 Å². The first-order valence-corrected chi connectivity index (χ1v) is 14.3. The summed E-state index contributed by atoms with van der Waals surface area (Å²) in [6.07, 6.45) is 0. The molecule has 2 amide bonds. The molecular weight excluding hydrogens is 537 g/mol. The second-order valence-electron chi connectivity index (χ2n) is 9.37. The number of anilines is 1. The van der Waals surface area contributed by atoms with E-state index in [1.807, 2.05) is 31.2 Å². The topological polar surface area (TPSA) is 105 Å². The molecule has 3 aromatic rings. The maximum Gasteiger partial charge on any atom is 0.264 e. The van der Waals surface area contributed by atoms with Gasteiger partial charge in [0.1, 0.15) is 31.6 Å². The molecule has 3 aromatic carbocycles. The number of benzene rings is 3. The molecule has 0 radical (unpaired) electrons. The lowest BCUT2D eigenvalue weighted by molar-refractivity contribution is -0.139. The molecule has 0 fully saturated rings. The standard InChI is InChI=1S/C29H32FN3O6S/c1-4-31-29(35)21(3)32(18-22-7-5-20(2)6-8-22)28(34)19-33(24-11-9-23(30)10-12-24)40(36,37)25-13-14-26-27(17-25)39-16-15-38-26/h5-14,17,21H,4,15-16,18-19H2,1-3H3,(H,31,35). The van der Waals surface area contributed by atoms with Crippen molar-refractivity contribution in [1.29, 1.82) is 0 Å². The summed E-state index contributed by atoms with van der Waals surface area (Å²) in [4.78, 5) is 27.8. The number of ether oxygens (including phenoxy) is 2. The van der Waals surface area contributed by atoms with E-state index in [0.717, 1.165) is 27.6 Å². The van der Waals surface area contributed by atoms with Crippen LogP contribution in [0.25, 0.3) is 0 Å². The maximum atomic E-state index is 13.9. The Morgan fingerprint density at radius 2 is 1.62 bits per heavy atom. The Hall–Kier alpha value is -4.12. The Bertz CT molecular complexity index is 1460. The van der Waals surface area contributed by atoms with Crippen LogP contribution in [-0.2, 0) is 26.2 Å². The first-order valence-electron chi connectivity index (χ1n) is 12.9. The van der Waals surface area contributed by atoms with Crippen LogP contribution in [0.2, 0.25) is 0 Å². The second kappa shape index (κ2) is 12.4. The fourth-order valence-electron chi connectivity index (χ4n) is 4.24. The molecule has 1 aliphatic heterocycles. The summed E-state index contributed by atoms with van der Waals surface area (Å²) < 4.78 is 53.6. The molecule has 0 bridgehead atoms. The summed E-state index contributed by atoms with van der Waals surface area (Å²) in [6, 6.07) is 15.6. The summed E-state index contributed by atoms with van der Waals surface area (Å²) >= 11 is 0. The van der Waals surface area contributed by atoms with Gasteiger partial charge >= 0.3 is 0 Å². The Kier molecular flexibility index (Phi) is 8.93. The van der Waals surface area contributed by atoms with Crippen molar-refractivity contribution in [2.45, 2.75) is 38.3 Å². The van der Waals surface area contributed by atoms with E-state index in [2.05, 4.69) is 5.32 Å². The van der Waals surface area contributed by atoms with Gasteiger partial charge in [0.15, 0.2) is 11.5 Å². The number of hydrogen-bond donors (Lipinski definition) is 1. The number of halogens is 1. The highest BCUT2D eigenvalue weighted by Gasteiger charge is 2.33. The van der Waals surface area contributed by atoms with E-state index in [1.165, 1.54) is 35.2 Å². The molecular formula is C29H32FN3O6S. The molecule has 0 saturated carbocycles. The highest BCUT2D eigenvalue weighted by Crippen LogP contribution is 2.34. The lowest BCUT2D eigenvalue weighted by Gasteiger charge is -2.32. The quantitative estimate of drug-likeness (QED) is 0.400. The number of likely N-dealkylation sites (N-methyl/N-ethyl adjacent to an activating group) is 1. The van der Waals surface area contributed by atoms with Gasteiger partial charge in [-0.25, -0.2) is 12.8 Å². The summed E-state index contributed by atoms with van der Waals surface area (Å²) in [5.74, 6) is -0.855. The van der Waals surface area contributed by atoms with Gasteiger partial charge in [0.2, 0.25) is 11.8 Å². The van der Waals surface area contributed by atoms with Crippen molar-refractivity contribution in [1.82, 2.24) is 10.2 Å². The Labute approximate surface area is 233 Å². The number of hydrogen-bond acceptors (Lipinski definition) is 6. The molecule has 0 spiro atoms. The predicted octanol–water partition coefficient (Wildman–Crippen LogP) is 3.65. The fraction of sp³-hybridized carbons (Fsp3) is 0.310. The van der Waals surface area contributed by atoms with Crippen molar-refractivity contribution in [3.8, 4) is 11.5 Å². The monoisotopic (exact) mass is 569 g/mol. The normalized spacial score (nSPS) is 13.3. The van der Waals surface area contributed by atoms with Crippen LogP contribution in [0.3, 0.4) is 0 Å². The minimum atomic E-state index is -4.34. The average molecular weight is 570 g/mol. The van der Waals surface area contributed by atoms with Crippen LogP contribution in [0, 0.1) is 12.7 Å². The van der Waals surface area contributed by atoms with Crippen LogP contribution in [-0.4, -0.2) is 57.5 Å². The molecule has 4 rings (SSSR count). The molecule has 40 heavy (non-hydrogen) atoms. The maximum absolute atomic E-state index is 13.9. The fourth-order valence-corrected chi connectivity index (χ4v) is 5.67. The van der Waals surface area contributed by atoms with E-state index in [1.54, 1.807) is 13.8 Å². The Morgan fingerprint density at radius 3 is 2.27 bits per heavy atom. The number of aryl methyl sites for hydroxylation is 1. The van der Waals surface area contributed by atoms with Crippen molar-refractivity contribution in [3.05, 3.63) is 83.7 Å². The van der Waals surface area contributed by atoms with Crippen LogP contribution in [0.4, 0.5) is 10.1 Å². The smallest absolute Gasteiger partial charge is 0.264 e. The van der Waals surface area contributed by atoms with Crippen LogP contribution in [0.15, 0.2) is 71.6 Å². The highest BCUT2D eigenvalue weighted by molar-refractivity contribution is 7.92. The summed E-state index contributed by atoms with van der Waals surface area (Å²) in [5.41, 5.74) is 1.90. The van der Waals surface area contributed by atoms with Gasteiger partial charge in [-0.1, -0.05) is 29.8 Å². The molecule has 9 nitrogen and oxygen atoms in total. The minimum Gasteiger partial charge on any atom is -0.486 e. The SMILES string of the molecule is CCNC(=O)C(C)N(Cc1ccc(C)cc1)C(=O)CN(c1ccc(F)cc1)S(=O)(=O)c1ccc2c(c1)OCCO2. The zero-order valence-electron chi connectivity index (χ0n) is 22.6. The largest absolute Gasteiger partial charge is 0.486 e. The van der Waals surface area contributed by atoms with Crippen LogP contribution in [0.5, 0.6) is 11.5 Å². The lowest BCUT2D eigenvalue weighted by atomic mass is 10.1. The van der Waals surface area contributed by atoms with E-state index >= 15 is 0 Å². The van der Waals surface area contributed by atoms with Gasteiger partial charge in [0.05, 0.1) is 10.6 Å². The number of amides is 2. The van der Waals surface area contributed by atoms with Crippen LogP contribution >= 0.6 is 0 Å². The molecule has 0 aromatic heterocycles. The molecule has 11 heteroatoms. The minimum absolute atomic E-state index is 0.0821. The summed E-state index contributed by atoms with van der Waals surface area (Å²) in [5, 5.41) is 2.72. The van der Waals surface area contributed by atoms with Gasteiger partial charge in [0, 0.05) is 19.2 Å². The number of sulfonamides is 1. The molecule has 0 aliphatic carbocycles. The first-order chi connectivity index (χ1) is 19.1. The number of nitrogens with zero attached hydrogens (tertiary/aromatic N) is 2.